The molecule has 0 aliphatic heterocycles. The van der Waals surface area contributed by atoms with Gasteiger partial charge in [0.2, 0.25) is 5.91 Å². The number of benzene rings is 2. The Balaban J connectivity index is 1.64. The lowest BCUT2D eigenvalue weighted by atomic mass is 10.1. The van der Waals surface area contributed by atoms with Crippen molar-refractivity contribution in [1.29, 1.82) is 0 Å². The lowest BCUT2D eigenvalue weighted by molar-refractivity contribution is -0.121. The van der Waals surface area contributed by atoms with Gasteiger partial charge in [0, 0.05) is 26.0 Å². The molecule has 7 heteroatoms. The quantitative estimate of drug-likeness (QED) is 0.624. The Morgan fingerprint density at radius 3 is 2.60 bits per heavy atom. The molecule has 1 heterocycles. The van der Waals surface area contributed by atoms with Crippen LogP contribution in [0.5, 0.6) is 0 Å². The number of halogens is 2. The first-order valence-electron chi connectivity index (χ1n) is 7.45. The molecule has 0 aliphatic rings. The van der Waals surface area contributed by atoms with E-state index in [-0.39, 0.29) is 12.3 Å². The first kappa shape index (κ1) is 17.5. The molecule has 2 aromatic carbocycles. The number of fused-ring (bicyclic) bond motifs is 1. The summed E-state index contributed by atoms with van der Waals surface area (Å²) in [4.78, 5) is 24.1. The van der Waals surface area contributed by atoms with Crippen LogP contribution in [0.25, 0.3) is 11.0 Å². The van der Waals surface area contributed by atoms with E-state index in [1.807, 2.05) is 13.0 Å². The van der Waals surface area contributed by atoms with Gasteiger partial charge in [-0.25, -0.2) is 0 Å². The van der Waals surface area contributed by atoms with Crippen molar-refractivity contribution in [2.45, 2.75) is 13.3 Å². The minimum atomic E-state index is -0.392. The van der Waals surface area contributed by atoms with Gasteiger partial charge in [-0.3, -0.25) is 20.4 Å². The molecule has 0 radical (unpaired) electrons. The Bertz CT molecular complexity index is 951. The summed E-state index contributed by atoms with van der Waals surface area (Å²) in [6.07, 6.45) is 1.59. The molecule has 128 valence electrons. The Labute approximate surface area is 157 Å². The molecule has 0 unspecified atom stereocenters. The second kappa shape index (κ2) is 7.29. The molecule has 1 aromatic heterocycles. The normalized spacial score (nSPS) is 10.7. The second-order valence-electron chi connectivity index (χ2n) is 5.54. The van der Waals surface area contributed by atoms with Crippen LogP contribution in [0.15, 0.2) is 51.6 Å². The third-order valence-corrected chi connectivity index (χ3v) is 4.64. The molecule has 3 rings (SSSR count). The van der Waals surface area contributed by atoms with Crippen LogP contribution in [-0.2, 0) is 11.2 Å². The van der Waals surface area contributed by atoms with Gasteiger partial charge in [0.05, 0.1) is 12.7 Å². The zero-order valence-corrected chi connectivity index (χ0v) is 15.6. The van der Waals surface area contributed by atoms with Gasteiger partial charge in [0.15, 0.2) is 0 Å². The molecule has 5 nitrogen and oxygen atoms in total. The zero-order chi connectivity index (χ0) is 18.0. The lowest BCUT2D eigenvalue weighted by Gasteiger charge is -2.07. The van der Waals surface area contributed by atoms with Gasteiger partial charge in [-0.05, 0) is 48.9 Å². The Hall–Kier alpha value is -2.31. The molecule has 0 fully saturated rings. The molecule has 0 aliphatic carbocycles. The van der Waals surface area contributed by atoms with E-state index in [2.05, 4.69) is 26.8 Å². The Morgan fingerprint density at radius 1 is 1.16 bits per heavy atom. The number of carbonyl (C=O) groups excluding carboxylic acids is 2. The van der Waals surface area contributed by atoms with Gasteiger partial charge in [-0.2, -0.15) is 0 Å². The fraction of sp³-hybridized carbons (Fsp3) is 0.111. The molecule has 2 N–H and O–H groups in total. The Kier molecular flexibility index (Phi) is 5.11. The summed E-state index contributed by atoms with van der Waals surface area (Å²) in [5, 5.41) is 1.39. The van der Waals surface area contributed by atoms with Crippen molar-refractivity contribution in [3.8, 4) is 0 Å². The van der Waals surface area contributed by atoms with Crippen LogP contribution in [-0.4, -0.2) is 11.8 Å². The molecule has 0 spiro atoms. The molecule has 0 saturated carbocycles. The van der Waals surface area contributed by atoms with Gasteiger partial charge in [-0.15, -0.1) is 0 Å². The van der Waals surface area contributed by atoms with Crippen molar-refractivity contribution in [2.24, 2.45) is 0 Å². The predicted molar refractivity (Wildman–Crippen MR) is 99.4 cm³/mol. The van der Waals surface area contributed by atoms with Gasteiger partial charge in [0.25, 0.3) is 5.91 Å². The number of amides is 2. The average molecular weight is 422 g/mol. The number of carbonyl (C=O) groups is 2. The molecular weight excluding hydrogens is 408 g/mol. The standard InChI is InChI=1S/C18H14BrClN2O3/c1-10-6-16-14(8-15(10)20)12(9-25-16)7-17(23)21-22-18(24)11-2-4-13(19)5-3-11/h2-6,8-9H,7H2,1H3,(H,21,23)(H,22,24). The van der Waals surface area contributed by atoms with E-state index >= 15 is 0 Å². The highest BCUT2D eigenvalue weighted by molar-refractivity contribution is 9.10. The third kappa shape index (κ3) is 4.03. The van der Waals surface area contributed by atoms with Crippen molar-refractivity contribution in [1.82, 2.24) is 10.9 Å². The number of aryl methyl sites for hydroxylation is 1. The van der Waals surface area contributed by atoms with Crippen LogP contribution < -0.4 is 10.9 Å². The van der Waals surface area contributed by atoms with Crippen LogP contribution in [0, 0.1) is 6.92 Å². The highest BCUT2D eigenvalue weighted by atomic mass is 79.9. The van der Waals surface area contributed by atoms with Crippen LogP contribution in [0.1, 0.15) is 21.5 Å². The van der Waals surface area contributed by atoms with E-state index in [9.17, 15) is 9.59 Å². The number of furan rings is 1. The summed E-state index contributed by atoms with van der Waals surface area (Å²) in [7, 11) is 0. The summed E-state index contributed by atoms with van der Waals surface area (Å²) in [5.41, 5.74) is 7.51. The minimum Gasteiger partial charge on any atom is -0.464 e. The maximum absolute atomic E-state index is 12.1. The van der Waals surface area contributed by atoms with Crippen molar-refractivity contribution < 1.29 is 14.0 Å². The molecule has 25 heavy (non-hydrogen) atoms. The van der Waals surface area contributed by atoms with E-state index in [0.717, 1.165) is 15.4 Å². The minimum absolute atomic E-state index is 0.0625. The molecule has 0 bridgehead atoms. The summed E-state index contributed by atoms with van der Waals surface area (Å²) in [6.45, 7) is 1.88. The van der Waals surface area contributed by atoms with E-state index in [0.29, 0.717) is 21.7 Å². The van der Waals surface area contributed by atoms with Crippen molar-refractivity contribution in [2.75, 3.05) is 0 Å². The second-order valence-corrected chi connectivity index (χ2v) is 6.87. The van der Waals surface area contributed by atoms with Crippen LogP contribution in [0.2, 0.25) is 5.02 Å². The first-order valence-corrected chi connectivity index (χ1v) is 8.62. The monoisotopic (exact) mass is 420 g/mol. The van der Waals surface area contributed by atoms with E-state index in [4.69, 9.17) is 16.0 Å². The number of nitrogens with one attached hydrogen (secondary N) is 2. The van der Waals surface area contributed by atoms with Crippen LogP contribution >= 0.6 is 27.5 Å². The number of rotatable bonds is 3. The predicted octanol–water partition coefficient (Wildman–Crippen LogP) is 4.16. The summed E-state index contributed by atoms with van der Waals surface area (Å²) in [5.74, 6) is -0.749. The number of hydrazine groups is 1. The third-order valence-electron chi connectivity index (χ3n) is 3.71. The van der Waals surface area contributed by atoms with Crippen LogP contribution in [0.3, 0.4) is 0 Å². The fourth-order valence-electron chi connectivity index (χ4n) is 2.36. The molecule has 0 saturated heterocycles. The SMILES string of the molecule is Cc1cc2occ(CC(=O)NNC(=O)c3ccc(Br)cc3)c2cc1Cl. The van der Waals surface area contributed by atoms with Crippen LogP contribution in [0.4, 0.5) is 0 Å². The van der Waals surface area contributed by atoms with Gasteiger partial charge in [-0.1, -0.05) is 27.5 Å². The number of hydrogen-bond donors (Lipinski definition) is 2. The highest BCUT2D eigenvalue weighted by Gasteiger charge is 2.13. The number of hydrogen-bond acceptors (Lipinski definition) is 3. The van der Waals surface area contributed by atoms with Gasteiger partial charge in [0.1, 0.15) is 5.58 Å². The van der Waals surface area contributed by atoms with Crippen molar-refractivity contribution in [3.63, 3.8) is 0 Å². The lowest BCUT2D eigenvalue weighted by Crippen LogP contribution is -2.42. The summed E-state index contributed by atoms with van der Waals surface area (Å²) < 4.78 is 6.33. The molecular formula is C18H14BrClN2O3. The average Bonchev–Trinajstić information content (AvgIpc) is 2.95. The van der Waals surface area contributed by atoms with Crippen molar-refractivity contribution in [3.05, 3.63) is 68.8 Å². The molecule has 0 atom stereocenters. The molecule has 2 amide bonds. The van der Waals surface area contributed by atoms with E-state index in [1.165, 1.54) is 6.26 Å². The van der Waals surface area contributed by atoms with Crippen molar-refractivity contribution >= 4 is 50.3 Å². The smallest absolute Gasteiger partial charge is 0.269 e. The zero-order valence-electron chi connectivity index (χ0n) is 13.2. The Morgan fingerprint density at radius 2 is 1.88 bits per heavy atom. The van der Waals surface area contributed by atoms with Gasteiger partial charge < -0.3 is 4.42 Å². The largest absolute Gasteiger partial charge is 0.464 e. The van der Waals surface area contributed by atoms with Gasteiger partial charge >= 0.3 is 0 Å². The van der Waals surface area contributed by atoms with E-state index in [1.54, 1.807) is 30.3 Å². The maximum Gasteiger partial charge on any atom is 0.269 e. The molecule has 3 aromatic rings. The van der Waals surface area contributed by atoms with E-state index < -0.39 is 5.91 Å². The highest BCUT2D eigenvalue weighted by Crippen LogP contribution is 2.27. The summed E-state index contributed by atoms with van der Waals surface area (Å²) >= 11 is 9.43. The summed E-state index contributed by atoms with van der Waals surface area (Å²) in [6, 6.07) is 10.4. The maximum atomic E-state index is 12.1. The first-order chi connectivity index (χ1) is 11.9. The topological polar surface area (TPSA) is 71.3 Å². The fourth-order valence-corrected chi connectivity index (χ4v) is 2.78.